The van der Waals surface area contributed by atoms with Gasteiger partial charge in [-0.1, -0.05) is 23.3 Å². The molecule has 0 saturated carbocycles. The van der Waals surface area contributed by atoms with E-state index in [0.717, 1.165) is 31.9 Å². The Morgan fingerprint density at radius 3 is 3.13 bits per heavy atom. The van der Waals surface area contributed by atoms with Gasteiger partial charge in [-0.05, 0) is 13.0 Å². The van der Waals surface area contributed by atoms with Gasteiger partial charge in [0.2, 0.25) is 0 Å². The molecular weight excluding hydrogens is 212 g/mol. The van der Waals surface area contributed by atoms with Crippen molar-refractivity contribution in [2.75, 3.05) is 25.0 Å². The van der Waals surface area contributed by atoms with E-state index in [1.807, 2.05) is 0 Å². The van der Waals surface area contributed by atoms with E-state index < -0.39 is 0 Å². The van der Waals surface area contributed by atoms with Crippen molar-refractivity contribution in [1.82, 2.24) is 15.3 Å². The first kappa shape index (κ1) is 10.4. The van der Waals surface area contributed by atoms with Gasteiger partial charge in [0.05, 0.1) is 12.4 Å². The zero-order chi connectivity index (χ0) is 10.5. The average molecular weight is 225 g/mol. The van der Waals surface area contributed by atoms with Gasteiger partial charge in [-0.25, -0.2) is 4.98 Å². The predicted octanol–water partition coefficient (Wildman–Crippen LogP) is 1.46. The van der Waals surface area contributed by atoms with Gasteiger partial charge in [0.25, 0.3) is 0 Å². The van der Waals surface area contributed by atoms with Gasteiger partial charge in [-0.15, -0.1) is 0 Å². The minimum Gasteiger partial charge on any atom is -0.365 e. The molecule has 0 spiro atoms. The fourth-order valence-corrected chi connectivity index (χ4v) is 1.61. The van der Waals surface area contributed by atoms with E-state index in [-0.39, 0.29) is 0 Å². The zero-order valence-corrected chi connectivity index (χ0v) is 9.09. The molecule has 0 bridgehead atoms. The third-order valence-electron chi connectivity index (χ3n) is 2.26. The van der Waals surface area contributed by atoms with Crippen LogP contribution in [0.1, 0.15) is 6.42 Å². The molecule has 0 saturated heterocycles. The number of aromatic nitrogens is 2. The Morgan fingerprint density at radius 2 is 2.40 bits per heavy atom. The summed E-state index contributed by atoms with van der Waals surface area (Å²) in [6.07, 6.45) is 6.49. The van der Waals surface area contributed by atoms with Gasteiger partial charge < -0.3 is 10.6 Å². The highest BCUT2D eigenvalue weighted by atomic mass is 35.5. The lowest BCUT2D eigenvalue weighted by Crippen LogP contribution is -2.23. The summed E-state index contributed by atoms with van der Waals surface area (Å²) in [5, 5.41) is 6.89. The maximum Gasteiger partial charge on any atom is 0.149 e. The fraction of sp³-hybridized carbons (Fsp3) is 0.400. The van der Waals surface area contributed by atoms with Crippen LogP contribution in [-0.4, -0.2) is 29.6 Å². The maximum atomic E-state index is 5.73. The van der Waals surface area contributed by atoms with Crippen LogP contribution in [0, 0.1) is 0 Å². The number of halogens is 1. The van der Waals surface area contributed by atoms with Crippen LogP contribution in [0.4, 0.5) is 5.82 Å². The summed E-state index contributed by atoms with van der Waals surface area (Å²) in [5.41, 5.74) is 1.40. The molecular formula is C10H13ClN4. The number of nitrogens with zero attached hydrogens (tertiary/aromatic N) is 2. The van der Waals surface area contributed by atoms with E-state index in [1.54, 1.807) is 6.20 Å². The Hall–Kier alpha value is -1.13. The highest BCUT2D eigenvalue weighted by Gasteiger charge is 2.03. The van der Waals surface area contributed by atoms with Crippen LogP contribution in [0.5, 0.6) is 0 Å². The number of hydrogen-bond donors (Lipinski definition) is 2. The second-order valence-electron chi connectivity index (χ2n) is 3.40. The zero-order valence-electron chi connectivity index (χ0n) is 8.33. The summed E-state index contributed by atoms with van der Waals surface area (Å²) >= 11 is 5.73. The lowest BCUT2D eigenvalue weighted by Gasteiger charge is -2.14. The topological polar surface area (TPSA) is 49.8 Å². The maximum absolute atomic E-state index is 5.73. The summed E-state index contributed by atoms with van der Waals surface area (Å²) in [5.74, 6) is 0.724. The predicted molar refractivity (Wildman–Crippen MR) is 61.1 cm³/mol. The molecule has 5 heteroatoms. The summed E-state index contributed by atoms with van der Waals surface area (Å²) < 4.78 is 0. The number of hydrogen-bond acceptors (Lipinski definition) is 4. The van der Waals surface area contributed by atoms with Crippen molar-refractivity contribution in [3.8, 4) is 0 Å². The van der Waals surface area contributed by atoms with Gasteiger partial charge in [-0.3, -0.25) is 4.98 Å². The first-order chi connectivity index (χ1) is 7.34. The van der Waals surface area contributed by atoms with Crippen molar-refractivity contribution in [2.24, 2.45) is 0 Å². The fourth-order valence-electron chi connectivity index (χ4n) is 1.46. The van der Waals surface area contributed by atoms with Crippen LogP contribution in [0.15, 0.2) is 24.0 Å². The lowest BCUT2D eigenvalue weighted by molar-refractivity contribution is 0.697. The summed E-state index contributed by atoms with van der Waals surface area (Å²) in [7, 11) is 0. The first-order valence-corrected chi connectivity index (χ1v) is 5.32. The Labute approximate surface area is 93.8 Å². The Bertz CT molecular complexity index is 364. The largest absolute Gasteiger partial charge is 0.365 e. The van der Waals surface area contributed by atoms with Crippen LogP contribution in [0.25, 0.3) is 0 Å². The van der Waals surface area contributed by atoms with E-state index >= 15 is 0 Å². The quantitative estimate of drug-likeness (QED) is 0.764. The molecule has 0 atom stereocenters. The minimum absolute atomic E-state index is 0.416. The van der Waals surface area contributed by atoms with Crippen LogP contribution >= 0.6 is 11.6 Å². The van der Waals surface area contributed by atoms with Crippen LogP contribution in [0.2, 0.25) is 5.15 Å². The van der Waals surface area contributed by atoms with Crippen LogP contribution in [-0.2, 0) is 0 Å². The minimum atomic E-state index is 0.416. The molecule has 0 radical (unpaired) electrons. The third-order valence-corrected chi connectivity index (χ3v) is 2.44. The van der Waals surface area contributed by atoms with Crippen LogP contribution < -0.4 is 10.6 Å². The normalized spacial score (nSPS) is 15.9. The molecule has 4 nitrogen and oxygen atoms in total. The second-order valence-corrected chi connectivity index (χ2v) is 3.78. The highest BCUT2D eigenvalue weighted by Crippen LogP contribution is 2.09. The smallest absolute Gasteiger partial charge is 0.149 e. The van der Waals surface area contributed by atoms with E-state index in [9.17, 15) is 0 Å². The van der Waals surface area contributed by atoms with Crippen molar-refractivity contribution in [2.45, 2.75) is 6.42 Å². The monoisotopic (exact) mass is 224 g/mol. The van der Waals surface area contributed by atoms with Gasteiger partial charge in [0.1, 0.15) is 11.0 Å². The van der Waals surface area contributed by atoms with Gasteiger partial charge >= 0.3 is 0 Å². The van der Waals surface area contributed by atoms with Crippen molar-refractivity contribution in [3.05, 3.63) is 29.2 Å². The van der Waals surface area contributed by atoms with Crippen LogP contribution in [0.3, 0.4) is 0 Å². The Morgan fingerprint density at radius 1 is 1.47 bits per heavy atom. The van der Waals surface area contributed by atoms with Crippen molar-refractivity contribution < 1.29 is 0 Å². The first-order valence-electron chi connectivity index (χ1n) is 4.94. The van der Waals surface area contributed by atoms with E-state index in [0.29, 0.717) is 5.15 Å². The van der Waals surface area contributed by atoms with Gasteiger partial charge in [-0.2, -0.15) is 0 Å². The number of nitrogens with one attached hydrogen (secondary N) is 2. The van der Waals surface area contributed by atoms with Crippen molar-refractivity contribution in [3.63, 3.8) is 0 Å². The SMILES string of the molecule is Clc1cncc(NCC2=CCNCC2)n1. The van der Waals surface area contributed by atoms with Gasteiger partial charge in [0, 0.05) is 13.1 Å². The Kier molecular flexibility index (Phi) is 3.53. The second kappa shape index (κ2) is 5.09. The molecule has 2 N–H and O–H groups in total. The molecule has 1 aromatic heterocycles. The molecule has 0 fully saturated rings. The van der Waals surface area contributed by atoms with Crippen molar-refractivity contribution >= 4 is 17.4 Å². The highest BCUT2D eigenvalue weighted by molar-refractivity contribution is 6.29. The number of anilines is 1. The molecule has 0 unspecified atom stereocenters. The van der Waals surface area contributed by atoms with E-state index in [2.05, 4.69) is 26.7 Å². The standard InChI is InChI=1S/C10H13ClN4/c11-9-6-13-7-10(15-9)14-5-8-1-3-12-4-2-8/h1,6-7,12H,2-5H2,(H,14,15). The van der Waals surface area contributed by atoms with E-state index in [4.69, 9.17) is 11.6 Å². The van der Waals surface area contributed by atoms with Gasteiger partial charge in [0.15, 0.2) is 0 Å². The Balaban J connectivity index is 1.90. The molecule has 1 aliphatic heterocycles. The molecule has 1 aliphatic rings. The molecule has 80 valence electrons. The molecule has 0 amide bonds. The molecule has 2 rings (SSSR count). The number of rotatable bonds is 3. The molecule has 2 heterocycles. The third kappa shape index (κ3) is 3.18. The molecule has 1 aromatic rings. The molecule has 15 heavy (non-hydrogen) atoms. The summed E-state index contributed by atoms with van der Waals surface area (Å²) in [4.78, 5) is 8.07. The lowest BCUT2D eigenvalue weighted by atomic mass is 10.1. The molecule has 0 aliphatic carbocycles. The summed E-state index contributed by atoms with van der Waals surface area (Å²) in [6, 6.07) is 0. The molecule has 0 aromatic carbocycles. The average Bonchev–Trinajstić information content (AvgIpc) is 2.28. The van der Waals surface area contributed by atoms with Crippen molar-refractivity contribution in [1.29, 1.82) is 0 Å². The van der Waals surface area contributed by atoms with E-state index in [1.165, 1.54) is 11.8 Å². The summed E-state index contributed by atoms with van der Waals surface area (Å²) in [6.45, 7) is 2.82.